The molecule has 0 aliphatic carbocycles. The van der Waals surface area contributed by atoms with Crippen LogP contribution in [0.3, 0.4) is 0 Å². The Morgan fingerprint density at radius 1 is 1.24 bits per heavy atom. The van der Waals surface area contributed by atoms with Crippen LogP contribution in [0.4, 0.5) is 0 Å². The van der Waals surface area contributed by atoms with E-state index < -0.39 is 0 Å². The number of thiophene rings is 1. The van der Waals surface area contributed by atoms with Gasteiger partial charge in [0.05, 0.1) is 13.2 Å². The Morgan fingerprint density at radius 3 is 2.86 bits per heavy atom. The van der Waals surface area contributed by atoms with Crippen molar-refractivity contribution in [2.45, 2.75) is 32.7 Å². The lowest BCUT2D eigenvalue weighted by molar-refractivity contribution is 0.0376. The molecule has 0 amide bonds. The Kier molecular flexibility index (Phi) is 12.5. The van der Waals surface area contributed by atoms with Gasteiger partial charge in [0.25, 0.3) is 0 Å². The van der Waals surface area contributed by atoms with Crippen molar-refractivity contribution < 1.29 is 4.74 Å². The fourth-order valence-electron chi connectivity index (χ4n) is 3.96. The van der Waals surface area contributed by atoms with Gasteiger partial charge in [0.1, 0.15) is 0 Å². The van der Waals surface area contributed by atoms with E-state index in [-0.39, 0.29) is 24.0 Å². The number of likely N-dealkylation sites (tertiary alicyclic amines) is 1. The molecular weight excluding hydrogens is 497 g/mol. The summed E-state index contributed by atoms with van der Waals surface area (Å²) < 4.78 is 5.41. The topological polar surface area (TPSA) is 52.1 Å². The van der Waals surface area contributed by atoms with Crippen molar-refractivity contribution in [2.24, 2.45) is 10.9 Å². The molecule has 8 heteroatoms. The van der Waals surface area contributed by atoms with Gasteiger partial charge in [-0.1, -0.05) is 6.07 Å². The van der Waals surface area contributed by atoms with Crippen LogP contribution in [0.1, 0.15) is 31.1 Å². The monoisotopic (exact) mass is 535 g/mol. The van der Waals surface area contributed by atoms with Crippen LogP contribution in [-0.2, 0) is 11.3 Å². The third kappa shape index (κ3) is 9.50. The summed E-state index contributed by atoms with van der Waals surface area (Å²) in [5.74, 6) is 1.64. The maximum atomic E-state index is 5.41. The van der Waals surface area contributed by atoms with Crippen LogP contribution < -0.4 is 10.6 Å². The first kappa shape index (κ1) is 24.8. The van der Waals surface area contributed by atoms with Gasteiger partial charge in [-0.2, -0.15) is 0 Å². The molecule has 0 bridgehead atoms. The minimum Gasteiger partial charge on any atom is -0.379 e. The van der Waals surface area contributed by atoms with Crippen molar-refractivity contribution in [2.75, 3.05) is 65.6 Å². The molecule has 3 rings (SSSR count). The van der Waals surface area contributed by atoms with Gasteiger partial charge in [0.2, 0.25) is 0 Å². The van der Waals surface area contributed by atoms with Gasteiger partial charge in [-0.15, -0.1) is 35.3 Å². The van der Waals surface area contributed by atoms with Gasteiger partial charge in [-0.05, 0) is 56.6 Å². The van der Waals surface area contributed by atoms with E-state index in [2.05, 4.69) is 44.9 Å². The molecule has 0 saturated carbocycles. The summed E-state index contributed by atoms with van der Waals surface area (Å²) in [7, 11) is 0. The van der Waals surface area contributed by atoms with Crippen molar-refractivity contribution in [3.05, 3.63) is 22.4 Å². The molecule has 2 fully saturated rings. The number of ether oxygens (including phenoxy) is 1. The van der Waals surface area contributed by atoms with Crippen molar-refractivity contribution in [1.29, 1.82) is 0 Å². The highest BCUT2D eigenvalue weighted by molar-refractivity contribution is 14.0. The molecule has 2 N–H and O–H groups in total. The largest absolute Gasteiger partial charge is 0.379 e. The van der Waals surface area contributed by atoms with Gasteiger partial charge in [-0.25, -0.2) is 0 Å². The molecule has 29 heavy (non-hydrogen) atoms. The summed E-state index contributed by atoms with van der Waals surface area (Å²) in [6, 6.07) is 4.40. The van der Waals surface area contributed by atoms with E-state index in [0.29, 0.717) is 5.92 Å². The number of piperidine rings is 1. The zero-order valence-electron chi connectivity index (χ0n) is 17.8. The molecule has 2 aliphatic rings. The standard InChI is InChI=1S/C21H37N5OS.HI/c1-2-22-21(23-8-5-10-25-11-13-27-14-12-25)24-16-19-6-3-9-26(17-19)18-20-7-4-15-28-20;/h4,7,15,19H,2-3,5-6,8-14,16-18H2,1H3,(H2,22,23,24);1H. The lowest BCUT2D eigenvalue weighted by Gasteiger charge is -2.31. The van der Waals surface area contributed by atoms with Gasteiger partial charge < -0.3 is 15.4 Å². The average molecular weight is 536 g/mol. The second-order valence-electron chi connectivity index (χ2n) is 7.78. The van der Waals surface area contributed by atoms with E-state index in [1.54, 1.807) is 0 Å². The predicted octanol–water partition coefficient (Wildman–Crippen LogP) is 2.86. The van der Waals surface area contributed by atoms with E-state index in [1.165, 1.54) is 24.3 Å². The van der Waals surface area contributed by atoms with Gasteiger partial charge in [0, 0.05) is 50.7 Å². The van der Waals surface area contributed by atoms with Crippen LogP contribution in [0, 0.1) is 5.92 Å². The number of hydrogen-bond donors (Lipinski definition) is 2. The molecule has 3 heterocycles. The molecular formula is C21H38IN5OS. The van der Waals surface area contributed by atoms with Crippen molar-refractivity contribution in [3.63, 3.8) is 0 Å². The third-order valence-corrected chi connectivity index (χ3v) is 6.32. The Morgan fingerprint density at radius 2 is 2.10 bits per heavy atom. The Labute approximate surface area is 197 Å². The molecule has 2 saturated heterocycles. The lowest BCUT2D eigenvalue weighted by Crippen LogP contribution is -2.41. The molecule has 2 aliphatic heterocycles. The molecule has 166 valence electrons. The smallest absolute Gasteiger partial charge is 0.191 e. The molecule has 6 nitrogen and oxygen atoms in total. The van der Waals surface area contributed by atoms with Crippen LogP contribution in [0.25, 0.3) is 0 Å². The minimum absolute atomic E-state index is 0. The van der Waals surface area contributed by atoms with E-state index in [0.717, 1.165) is 78.0 Å². The number of halogens is 1. The van der Waals surface area contributed by atoms with Gasteiger partial charge >= 0.3 is 0 Å². The molecule has 0 aromatic carbocycles. The maximum absolute atomic E-state index is 5.41. The minimum atomic E-state index is 0. The first-order valence-corrected chi connectivity index (χ1v) is 11.8. The van der Waals surface area contributed by atoms with Gasteiger partial charge in [0.15, 0.2) is 5.96 Å². The highest BCUT2D eigenvalue weighted by Crippen LogP contribution is 2.20. The average Bonchev–Trinajstić information content (AvgIpc) is 3.23. The number of hydrogen-bond acceptors (Lipinski definition) is 5. The predicted molar refractivity (Wildman–Crippen MR) is 134 cm³/mol. The van der Waals surface area contributed by atoms with E-state index in [4.69, 9.17) is 9.73 Å². The van der Waals surface area contributed by atoms with E-state index >= 15 is 0 Å². The summed E-state index contributed by atoms with van der Waals surface area (Å²) >= 11 is 1.86. The summed E-state index contributed by atoms with van der Waals surface area (Å²) in [5.41, 5.74) is 0. The molecule has 1 unspecified atom stereocenters. The summed E-state index contributed by atoms with van der Waals surface area (Å²) in [6.45, 7) is 13.4. The van der Waals surface area contributed by atoms with E-state index in [1.807, 2.05) is 11.3 Å². The lowest BCUT2D eigenvalue weighted by atomic mass is 9.98. The first-order chi connectivity index (χ1) is 13.8. The summed E-state index contributed by atoms with van der Waals surface area (Å²) in [6.07, 6.45) is 3.72. The normalized spacial score (nSPS) is 21.6. The molecule has 1 atom stereocenters. The Bertz CT molecular complexity index is 565. The highest BCUT2D eigenvalue weighted by Gasteiger charge is 2.20. The summed E-state index contributed by atoms with van der Waals surface area (Å²) in [5, 5.41) is 9.09. The van der Waals surface area contributed by atoms with Gasteiger partial charge in [-0.3, -0.25) is 14.8 Å². The Balaban J connectivity index is 0.00000300. The van der Waals surface area contributed by atoms with Crippen LogP contribution in [0.15, 0.2) is 22.5 Å². The highest BCUT2D eigenvalue weighted by atomic mass is 127. The van der Waals surface area contributed by atoms with Crippen LogP contribution in [-0.4, -0.2) is 81.3 Å². The van der Waals surface area contributed by atoms with Crippen molar-refractivity contribution >= 4 is 41.3 Å². The molecule has 1 aromatic heterocycles. The SMILES string of the molecule is CCNC(=NCC1CCCN(Cc2cccs2)C1)NCCCN1CCOCC1.I. The number of aliphatic imine (C=N–C) groups is 1. The zero-order chi connectivity index (χ0) is 19.4. The van der Waals surface area contributed by atoms with Crippen LogP contribution >= 0.6 is 35.3 Å². The summed E-state index contributed by atoms with van der Waals surface area (Å²) in [4.78, 5) is 11.4. The number of nitrogens with zero attached hydrogens (tertiary/aromatic N) is 3. The fourth-order valence-corrected chi connectivity index (χ4v) is 4.71. The second-order valence-corrected chi connectivity index (χ2v) is 8.81. The van der Waals surface area contributed by atoms with Crippen molar-refractivity contribution in [1.82, 2.24) is 20.4 Å². The number of nitrogens with one attached hydrogen (secondary N) is 2. The maximum Gasteiger partial charge on any atom is 0.191 e. The third-order valence-electron chi connectivity index (χ3n) is 5.46. The zero-order valence-corrected chi connectivity index (χ0v) is 20.9. The molecule has 0 spiro atoms. The van der Waals surface area contributed by atoms with Crippen molar-refractivity contribution in [3.8, 4) is 0 Å². The number of morpholine rings is 1. The fraction of sp³-hybridized carbons (Fsp3) is 0.762. The van der Waals surface area contributed by atoms with Crippen LogP contribution in [0.5, 0.6) is 0 Å². The number of guanidine groups is 1. The molecule has 0 radical (unpaired) electrons. The molecule has 1 aromatic rings. The second kappa shape index (κ2) is 14.6. The van der Waals surface area contributed by atoms with E-state index in [9.17, 15) is 0 Å². The van der Waals surface area contributed by atoms with Crippen LogP contribution in [0.2, 0.25) is 0 Å². The first-order valence-electron chi connectivity index (χ1n) is 10.9. The quantitative estimate of drug-likeness (QED) is 0.221. The number of rotatable bonds is 9. The Hall–Kier alpha value is -0.420.